The molecule has 0 unspecified atom stereocenters. The van der Waals surface area contributed by atoms with E-state index in [1.807, 2.05) is 45.0 Å². The van der Waals surface area contributed by atoms with E-state index < -0.39 is 16.4 Å². The summed E-state index contributed by atoms with van der Waals surface area (Å²) in [6.07, 6.45) is 1.27. The molecule has 3 rings (SSSR count). The van der Waals surface area contributed by atoms with Gasteiger partial charge in [-0.05, 0) is 45.7 Å². The minimum Gasteiger partial charge on any atom is -0.444 e. The zero-order valence-corrected chi connectivity index (χ0v) is 16.6. The smallest absolute Gasteiger partial charge is 0.410 e. The first-order valence-corrected chi connectivity index (χ1v) is 10.2. The molecule has 1 aliphatic rings. The van der Waals surface area contributed by atoms with Crippen molar-refractivity contribution < 1.29 is 13.7 Å². The number of carbonyl (C=O) groups excluding carboxylic acids is 1. The predicted octanol–water partition coefficient (Wildman–Crippen LogP) is 3.79. The number of carbonyl (C=O) groups is 1. The van der Waals surface area contributed by atoms with E-state index in [4.69, 9.17) is 16.3 Å². The molecule has 0 aliphatic carbocycles. The molecule has 1 saturated heterocycles. The van der Waals surface area contributed by atoms with Gasteiger partial charge in [0.15, 0.2) is 10.2 Å². The lowest BCUT2D eigenvalue weighted by Gasteiger charge is -2.28. The van der Waals surface area contributed by atoms with E-state index in [1.54, 1.807) is 4.90 Å². The largest absolute Gasteiger partial charge is 0.444 e. The molecule has 1 aliphatic heterocycles. The van der Waals surface area contributed by atoms with Crippen molar-refractivity contribution in [2.24, 2.45) is 0 Å². The zero-order valence-electron chi connectivity index (χ0n) is 15.1. The highest BCUT2D eigenvalue weighted by Gasteiger charge is 2.34. The van der Waals surface area contributed by atoms with Gasteiger partial charge in [-0.1, -0.05) is 23.7 Å². The van der Waals surface area contributed by atoms with Crippen LogP contribution in [0.15, 0.2) is 29.3 Å². The molecule has 0 bridgehead atoms. The monoisotopic (exact) mass is 395 g/mol. The van der Waals surface area contributed by atoms with Gasteiger partial charge in [0, 0.05) is 12.6 Å². The van der Waals surface area contributed by atoms with Crippen LogP contribution in [0.1, 0.15) is 33.6 Å². The predicted molar refractivity (Wildman–Crippen MR) is 102 cm³/mol. The minimum absolute atomic E-state index is 0.142. The Bertz CT molecular complexity index is 853. The molecule has 140 valence electrons. The van der Waals surface area contributed by atoms with Gasteiger partial charge >= 0.3 is 6.09 Å². The molecule has 6 nitrogen and oxygen atoms in total. The summed E-state index contributed by atoms with van der Waals surface area (Å²) in [6, 6.07) is 7.15. The molecule has 1 amide bonds. The summed E-state index contributed by atoms with van der Waals surface area (Å²) in [4.78, 5) is 22.7. The van der Waals surface area contributed by atoms with Crippen LogP contribution in [-0.2, 0) is 15.5 Å². The van der Waals surface area contributed by atoms with E-state index >= 15 is 0 Å². The number of benzene rings is 1. The maximum Gasteiger partial charge on any atom is 0.410 e. The number of ether oxygens (including phenoxy) is 1. The van der Waals surface area contributed by atoms with Crippen LogP contribution in [0.2, 0.25) is 5.15 Å². The van der Waals surface area contributed by atoms with Gasteiger partial charge in [0.25, 0.3) is 0 Å². The van der Waals surface area contributed by atoms with Crippen molar-refractivity contribution in [1.29, 1.82) is 0 Å². The standard InChI is InChI=1S/C18H22ClN3O3S/c1-18(2,3)25-17(23)22-10-6-7-12(22)11-26(24)16-15(19)20-13-8-4-5-9-14(13)21-16/h4-5,8-9,12H,6-7,10-11H2,1-3H3/t12-,26+/m1/s1. The Balaban J connectivity index is 1.77. The van der Waals surface area contributed by atoms with E-state index in [9.17, 15) is 9.00 Å². The van der Waals surface area contributed by atoms with Crippen molar-refractivity contribution in [2.45, 2.75) is 50.3 Å². The molecule has 2 atom stereocenters. The third kappa shape index (κ3) is 4.32. The number of nitrogens with zero attached hydrogens (tertiary/aromatic N) is 3. The molecular formula is C18H22ClN3O3S. The van der Waals surface area contributed by atoms with Crippen LogP contribution in [-0.4, -0.2) is 49.1 Å². The van der Waals surface area contributed by atoms with Crippen molar-refractivity contribution >= 4 is 39.5 Å². The second kappa shape index (κ2) is 7.48. The van der Waals surface area contributed by atoms with Crippen molar-refractivity contribution in [1.82, 2.24) is 14.9 Å². The molecule has 8 heteroatoms. The SMILES string of the molecule is CC(C)(C)OC(=O)N1CCC[C@@H]1C[S@](=O)c1nc2ccccc2nc1Cl. The molecule has 2 aromatic rings. The summed E-state index contributed by atoms with van der Waals surface area (Å²) in [5.41, 5.74) is 0.751. The first kappa shape index (κ1) is 19.0. The summed E-state index contributed by atoms with van der Waals surface area (Å²) in [5.74, 6) is 0.270. The van der Waals surface area contributed by atoms with Gasteiger partial charge in [-0.25, -0.2) is 14.8 Å². The number of aromatic nitrogens is 2. The zero-order chi connectivity index (χ0) is 18.9. The quantitative estimate of drug-likeness (QED) is 0.790. The fourth-order valence-corrected chi connectivity index (χ4v) is 4.61. The van der Waals surface area contributed by atoms with Crippen LogP contribution in [0.3, 0.4) is 0 Å². The van der Waals surface area contributed by atoms with Crippen LogP contribution in [0.4, 0.5) is 4.79 Å². The third-order valence-corrected chi connectivity index (χ3v) is 5.84. The van der Waals surface area contributed by atoms with Gasteiger partial charge in [-0.3, -0.25) is 4.21 Å². The Labute approximate surface area is 160 Å². The molecule has 1 fully saturated rings. The van der Waals surface area contributed by atoms with Crippen LogP contribution in [0, 0.1) is 0 Å². The fraction of sp³-hybridized carbons (Fsp3) is 0.500. The van der Waals surface area contributed by atoms with E-state index in [-0.39, 0.29) is 28.1 Å². The number of rotatable bonds is 3. The Kier molecular flexibility index (Phi) is 5.48. The van der Waals surface area contributed by atoms with Crippen LogP contribution in [0.25, 0.3) is 11.0 Å². The number of hydrogen-bond acceptors (Lipinski definition) is 5. The Hall–Kier alpha value is -1.73. The van der Waals surface area contributed by atoms with E-state index in [0.29, 0.717) is 17.6 Å². The summed E-state index contributed by atoms with van der Waals surface area (Å²) in [7, 11) is -1.46. The summed E-state index contributed by atoms with van der Waals surface area (Å²) in [6.45, 7) is 6.10. The third-order valence-electron chi connectivity index (χ3n) is 4.06. The highest BCUT2D eigenvalue weighted by Crippen LogP contribution is 2.25. The Morgan fingerprint density at radius 2 is 1.96 bits per heavy atom. The van der Waals surface area contributed by atoms with Gasteiger partial charge in [0.05, 0.1) is 27.6 Å². The molecular weight excluding hydrogens is 374 g/mol. The number of para-hydroxylation sites is 2. The summed E-state index contributed by atoms with van der Waals surface area (Å²) >= 11 is 6.20. The molecule has 0 saturated carbocycles. The fourth-order valence-electron chi connectivity index (χ4n) is 2.93. The number of amides is 1. The first-order valence-electron chi connectivity index (χ1n) is 8.55. The van der Waals surface area contributed by atoms with Crippen molar-refractivity contribution in [2.75, 3.05) is 12.3 Å². The van der Waals surface area contributed by atoms with Crippen LogP contribution < -0.4 is 0 Å². The van der Waals surface area contributed by atoms with Gasteiger partial charge < -0.3 is 9.64 Å². The first-order chi connectivity index (χ1) is 12.2. The molecule has 26 heavy (non-hydrogen) atoms. The maximum atomic E-state index is 12.9. The van der Waals surface area contributed by atoms with Gasteiger partial charge in [-0.15, -0.1) is 0 Å². The van der Waals surface area contributed by atoms with Gasteiger partial charge in [-0.2, -0.15) is 0 Å². The second-order valence-electron chi connectivity index (χ2n) is 7.29. The molecule has 0 radical (unpaired) electrons. The molecule has 1 aromatic carbocycles. The van der Waals surface area contributed by atoms with Crippen molar-refractivity contribution in [3.8, 4) is 0 Å². The number of halogens is 1. The average Bonchev–Trinajstić information content (AvgIpc) is 3.00. The highest BCUT2D eigenvalue weighted by molar-refractivity contribution is 7.85. The Morgan fingerprint density at radius 3 is 2.62 bits per heavy atom. The molecule has 0 spiro atoms. The topological polar surface area (TPSA) is 72.4 Å². The summed E-state index contributed by atoms with van der Waals surface area (Å²) in [5, 5.41) is 0.408. The number of hydrogen-bond donors (Lipinski definition) is 0. The Morgan fingerprint density at radius 1 is 1.31 bits per heavy atom. The van der Waals surface area contributed by atoms with Gasteiger partial charge in [0.2, 0.25) is 0 Å². The van der Waals surface area contributed by atoms with E-state index in [0.717, 1.165) is 12.8 Å². The lowest BCUT2D eigenvalue weighted by atomic mass is 10.2. The molecule has 2 heterocycles. The minimum atomic E-state index is -1.46. The lowest BCUT2D eigenvalue weighted by molar-refractivity contribution is 0.0241. The normalized spacial score (nSPS) is 18.9. The van der Waals surface area contributed by atoms with Crippen LogP contribution in [0.5, 0.6) is 0 Å². The highest BCUT2D eigenvalue weighted by atomic mass is 35.5. The molecule has 0 N–H and O–H groups in total. The summed E-state index contributed by atoms with van der Waals surface area (Å²) < 4.78 is 18.3. The van der Waals surface area contributed by atoms with E-state index in [1.165, 1.54) is 0 Å². The number of fused-ring (bicyclic) bond motifs is 1. The van der Waals surface area contributed by atoms with Crippen molar-refractivity contribution in [3.63, 3.8) is 0 Å². The van der Waals surface area contributed by atoms with Crippen molar-refractivity contribution in [3.05, 3.63) is 29.4 Å². The molecule has 1 aromatic heterocycles. The van der Waals surface area contributed by atoms with Crippen LogP contribution >= 0.6 is 11.6 Å². The lowest BCUT2D eigenvalue weighted by Crippen LogP contribution is -2.42. The van der Waals surface area contributed by atoms with Gasteiger partial charge in [0.1, 0.15) is 5.60 Å². The van der Waals surface area contributed by atoms with E-state index in [2.05, 4.69) is 9.97 Å². The number of likely N-dealkylation sites (tertiary alicyclic amines) is 1. The average molecular weight is 396 g/mol. The maximum absolute atomic E-state index is 12.9. The second-order valence-corrected chi connectivity index (χ2v) is 9.06.